The van der Waals surface area contributed by atoms with Crippen molar-refractivity contribution < 1.29 is 57.5 Å². The first-order valence-corrected chi connectivity index (χ1v) is 16.1. The van der Waals surface area contributed by atoms with Crippen molar-refractivity contribution in [2.45, 2.75) is 122 Å². The highest BCUT2D eigenvalue weighted by Gasteiger charge is 2.92. The molecule has 1 spiro atoms. The zero-order chi connectivity index (χ0) is 33.8. The fourth-order valence-corrected chi connectivity index (χ4v) is 11.6. The summed E-state index contributed by atoms with van der Waals surface area (Å²) in [5.41, 5.74) is -4.54. The summed E-state index contributed by atoms with van der Waals surface area (Å²) in [6, 6.07) is 1.86. The van der Waals surface area contributed by atoms with E-state index in [-0.39, 0.29) is 31.3 Å². The van der Waals surface area contributed by atoms with E-state index in [0.717, 1.165) is 5.56 Å². The summed E-state index contributed by atoms with van der Waals surface area (Å²) >= 11 is 0. The van der Waals surface area contributed by atoms with Crippen molar-refractivity contribution in [1.82, 2.24) is 0 Å². The zero-order valence-electron chi connectivity index (χ0n) is 27.7. The average Bonchev–Trinajstić information content (AvgIpc) is 3.32. The molecule has 2 heterocycles. The maximum Gasteiger partial charge on any atom is 0.306 e. The van der Waals surface area contributed by atoms with Gasteiger partial charge in [0.05, 0.1) is 44.4 Å². The second-order valence-corrected chi connectivity index (χ2v) is 15.1. The van der Waals surface area contributed by atoms with Crippen molar-refractivity contribution in [2.24, 2.45) is 33.5 Å². The van der Waals surface area contributed by atoms with Gasteiger partial charge in [0.15, 0.2) is 0 Å². The van der Waals surface area contributed by atoms with E-state index in [1.54, 1.807) is 19.5 Å². The van der Waals surface area contributed by atoms with Gasteiger partial charge in [0.2, 0.25) is 0 Å². The highest BCUT2D eigenvalue weighted by molar-refractivity contribution is 5.71. The summed E-state index contributed by atoms with van der Waals surface area (Å²) in [6.45, 7) is 11.5. The molecule has 1 aromatic rings. The smallest absolute Gasteiger partial charge is 0.306 e. The molecule has 254 valence electrons. The Kier molecular flexibility index (Phi) is 7.54. The second-order valence-electron chi connectivity index (χ2n) is 15.1. The highest BCUT2D eigenvalue weighted by Crippen LogP contribution is 2.83. The fourth-order valence-electron chi connectivity index (χ4n) is 11.6. The molecule has 12 heteroatoms. The number of hydrogen-bond acceptors (Lipinski definition) is 12. The molecule has 0 aromatic carbocycles. The number of fused-ring (bicyclic) bond motifs is 3. The molecule has 14 atom stereocenters. The highest BCUT2D eigenvalue weighted by atomic mass is 16.6. The molecular formula is C34H46O12. The van der Waals surface area contributed by atoms with Crippen LogP contribution in [0.5, 0.6) is 0 Å². The van der Waals surface area contributed by atoms with Crippen LogP contribution in [-0.2, 0) is 42.9 Å². The number of rotatable bonds is 6. The molecular weight excluding hydrogens is 600 g/mol. The van der Waals surface area contributed by atoms with Gasteiger partial charge in [-0.25, -0.2) is 0 Å². The SMILES string of the molecule is COC(=O)CC1(C)C(O)CC(OC(C)=O)C2(C)C1CC(OC(C)=O)C1(C)C2C(O)C(OC(C)=O)C2(C)C(c3ccoc3)CC3OC321. The van der Waals surface area contributed by atoms with Gasteiger partial charge in [-0.2, -0.15) is 0 Å². The Balaban J connectivity index is 1.62. The Morgan fingerprint density at radius 3 is 2.09 bits per heavy atom. The molecule has 0 bridgehead atoms. The minimum atomic E-state index is -1.36. The average molecular weight is 647 g/mol. The Morgan fingerprint density at radius 2 is 1.52 bits per heavy atom. The molecule has 5 aliphatic rings. The molecule has 4 aliphatic carbocycles. The summed E-state index contributed by atoms with van der Waals surface area (Å²) in [5.74, 6) is -3.96. The van der Waals surface area contributed by atoms with E-state index in [2.05, 4.69) is 0 Å². The molecule has 1 aromatic heterocycles. The number of ether oxygens (including phenoxy) is 5. The quantitative estimate of drug-likeness (QED) is 0.263. The molecule has 5 fully saturated rings. The van der Waals surface area contributed by atoms with Gasteiger partial charge in [0, 0.05) is 60.7 Å². The summed E-state index contributed by atoms with van der Waals surface area (Å²) in [7, 11) is 1.27. The van der Waals surface area contributed by atoms with E-state index in [1.807, 2.05) is 26.8 Å². The molecule has 2 N–H and O–H groups in total. The van der Waals surface area contributed by atoms with Crippen molar-refractivity contribution in [2.75, 3.05) is 7.11 Å². The summed E-state index contributed by atoms with van der Waals surface area (Å²) in [6.07, 6.45) is -1.87. The third-order valence-electron chi connectivity index (χ3n) is 13.2. The van der Waals surface area contributed by atoms with E-state index in [9.17, 15) is 29.4 Å². The number of carbonyl (C=O) groups excluding carboxylic acids is 4. The van der Waals surface area contributed by atoms with Gasteiger partial charge in [-0.1, -0.05) is 27.7 Å². The minimum absolute atomic E-state index is 0.0119. The van der Waals surface area contributed by atoms with Crippen LogP contribution in [-0.4, -0.2) is 83.4 Å². The molecule has 4 saturated carbocycles. The number of esters is 4. The van der Waals surface area contributed by atoms with Crippen LogP contribution in [0.2, 0.25) is 0 Å². The molecule has 14 unspecified atom stereocenters. The lowest BCUT2D eigenvalue weighted by Crippen LogP contribution is -2.80. The van der Waals surface area contributed by atoms with E-state index in [4.69, 9.17) is 28.1 Å². The van der Waals surface area contributed by atoms with Gasteiger partial charge < -0.3 is 38.3 Å². The largest absolute Gasteiger partial charge is 0.472 e. The van der Waals surface area contributed by atoms with Gasteiger partial charge in [-0.15, -0.1) is 0 Å². The molecule has 1 saturated heterocycles. The summed E-state index contributed by atoms with van der Waals surface area (Å²) in [5, 5.41) is 24.5. The second kappa shape index (κ2) is 10.5. The number of methoxy groups -OCH3 is 1. The zero-order valence-corrected chi connectivity index (χ0v) is 27.7. The lowest BCUT2D eigenvalue weighted by Gasteiger charge is -2.72. The summed E-state index contributed by atoms with van der Waals surface area (Å²) in [4.78, 5) is 51.2. The minimum Gasteiger partial charge on any atom is -0.472 e. The first-order chi connectivity index (χ1) is 21.4. The predicted octanol–water partition coefficient (Wildman–Crippen LogP) is 3.06. The van der Waals surface area contributed by atoms with Gasteiger partial charge >= 0.3 is 23.9 Å². The van der Waals surface area contributed by atoms with Crippen LogP contribution in [0.3, 0.4) is 0 Å². The number of epoxide rings is 1. The van der Waals surface area contributed by atoms with Gasteiger partial charge in [-0.3, -0.25) is 19.2 Å². The molecule has 0 amide bonds. The van der Waals surface area contributed by atoms with Crippen LogP contribution in [0.25, 0.3) is 0 Å². The number of carbonyl (C=O) groups is 4. The van der Waals surface area contributed by atoms with E-state index < -0.39 is 93.5 Å². The van der Waals surface area contributed by atoms with Crippen LogP contribution in [0.1, 0.15) is 85.6 Å². The number of hydrogen-bond donors (Lipinski definition) is 2. The third kappa shape index (κ3) is 4.01. The van der Waals surface area contributed by atoms with Crippen LogP contribution in [0, 0.1) is 33.5 Å². The predicted molar refractivity (Wildman–Crippen MR) is 158 cm³/mol. The first-order valence-electron chi connectivity index (χ1n) is 16.1. The van der Waals surface area contributed by atoms with Gasteiger partial charge in [0.25, 0.3) is 0 Å². The fraction of sp³-hybridized carbons (Fsp3) is 0.765. The summed E-state index contributed by atoms with van der Waals surface area (Å²) < 4.78 is 35.6. The van der Waals surface area contributed by atoms with Crippen molar-refractivity contribution in [3.8, 4) is 0 Å². The van der Waals surface area contributed by atoms with Gasteiger partial charge in [0.1, 0.15) is 23.9 Å². The van der Waals surface area contributed by atoms with Crippen molar-refractivity contribution in [3.63, 3.8) is 0 Å². The van der Waals surface area contributed by atoms with Crippen LogP contribution in [0.15, 0.2) is 23.0 Å². The number of aliphatic hydroxyl groups is 2. The molecule has 1 aliphatic heterocycles. The molecule has 6 rings (SSSR count). The van der Waals surface area contributed by atoms with Crippen molar-refractivity contribution in [3.05, 3.63) is 24.2 Å². The van der Waals surface area contributed by atoms with Gasteiger partial charge in [-0.05, 0) is 30.4 Å². The van der Waals surface area contributed by atoms with E-state index >= 15 is 0 Å². The number of aliphatic hydroxyl groups excluding tert-OH is 2. The van der Waals surface area contributed by atoms with Crippen LogP contribution >= 0.6 is 0 Å². The first kappa shape index (κ1) is 33.0. The Labute approximate surface area is 268 Å². The molecule has 46 heavy (non-hydrogen) atoms. The Bertz CT molecular complexity index is 1420. The van der Waals surface area contributed by atoms with E-state index in [0.29, 0.717) is 6.42 Å². The number of furan rings is 1. The lowest BCUT2D eigenvalue weighted by molar-refractivity contribution is -0.331. The Morgan fingerprint density at radius 1 is 0.891 bits per heavy atom. The molecule has 0 radical (unpaired) electrons. The van der Waals surface area contributed by atoms with Crippen LogP contribution < -0.4 is 0 Å². The van der Waals surface area contributed by atoms with E-state index in [1.165, 1.54) is 27.9 Å². The molecule has 12 nitrogen and oxygen atoms in total. The standard InChI is InChI=1S/C34H46O12/c1-16(35)43-23-13-22(38)30(4,14-26(39)41-8)21-12-24(44-17(2)36)33(7)28(31(21,23)5)27(40)29(45-18(3)37)32(6)20(19-9-10-42-15-19)11-25-34(32,33)46-25/h9-10,15,20-25,27-29,38,40H,11-14H2,1-8H3. The topological polar surface area (TPSA) is 171 Å². The maximum atomic E-state index is 12.9. The van der Waals surface area contributed by atoms with Crippen LogP contribution in [0.4, 0.5) is 0 Å². The monoisotopic (exact) mass is 646 g/mol. The van der Waals surface area contributed by atoms with Crippen molar-refractivity contribution >= 4 is 23.9 Å². The lowest BCUT2D eigenvalue weighted by atomic mass is 9.33. The Hall–Kier alpha value is -2.96. The third-order valence-corrected chi connectivity index (χ3v) is 13.2. The van der Waals surface area contributed by atoms with Crippen molar-refractivity contribution in [1.29, 1.82) is 0 Å². The normalized spacial score (nSPS) is 48.5. The maximum absolute atomic E-state index is 12.9.